The lowest BCUT2D eigenvalue weighted by atomic mass is 10.0. The molecule has 0 aliphatic heterocycles. The maximum absolute atomic E-state index is 12.1. The molecule has 0 atom stereocenters. The normalized spacial score (nSPS) is 11.1. The molecule has 0 bridgehead atoms. The standard InChI is InChI=1S/C24H44N2O7/c1-24(2,3)33-23(32)26(19-22(30)31)18-20(27)25-17-15-13-11-9-7-5-4-6-8-10-12-14-16-21(28)29/h4-19H2,1-3H3,(H,25,27)(H,28,29)(H,30,31). The average molecular weight is 473 g/mol. The molecule has 0 saturated carbocycles. The number of unbranched alkanes of at least 4 members (excludes halogenated alkanes) is 11. The number of rotatable bonds is 19. The summed E-state index contributed by atoms with van der Waals surface area (Å²) in [5.41, 5.74) is -0.770. The zero-order valence-corrected chi connectivity index (χ0v) is 20.7. The van der Waals surface area contributed by atoms with Crippen molar-refractivity contribution in [1.29, 1.82) is 0 Å². The van der Waals surface area contributed by atoms with E-state index in [0.29, 0.717) is 6.54 Å². The topological polar surface area (TPSA) is 133 Å². The van der Waals surface area contributed by atoms with Crippen LogP contribution in [0.15, 0.2) is 0 Å². The van der Waals surface area contributed by atoms with Gasteiger partial charge in [-0.15, -0.1) is 0 Å². The summed E-state index contributed by atoms with van der Waals surface area (Å²) in [6.45, 7) is 4.59. The lowest BCUT2D eigenvalue weighted by Crippen LogP contribution is -2.45. The van der Waals surface area contributed by atoms with Crippen molar-refractivity contribution in [1.82, 2.24) is 10.2 Å². The number of carbonyl (C=O) groups is 4. The van der Waals surface area contributed by atoms with Crippen molar-refractivity contribution < 1.29 is 34.1 Å². The molecule has 0 aliphatic rings. The first-order chi connectivity index (χ1) is 15.5. The van der Waals surface area contributed by atoms with Crippen molar-refractivity contribution in [3.05, 3.63) is 0 Å². The molecular weight excluding hydrogens is 428 g/mol. The lowest BCUT2D eigenvalue weighted by molar-refractivity contribution is -0.139. The molecule has 0 heterocycles. The second-order valence-corrected chi connectivity index (χ2v) is 9.47. The molecule has 0 fully saturated rings. The number of aliphatic carboxylic acids is 2. The van der Waals surface area contributed by atoms with Crippen molar-refractivity contribution in [2.75, 3.05) is 19.6 Å². The van der Waals surface area contributed by atoms with Crippen molar-refractivity contribution >= 4 is 23.9 Å². The van der Waals surface area contributed by atoms with E-state index in [1.807, 2.05) is 0 Å². The summed E-state index contributed by atoms with van der Waals surface area (Å²) in [4.78, 5) is 46.5. The number of carboxylic acids is 2. The largest absolute Gasteiger partial charge is 0.481 e. The molecule has 0 spiro atoms. The van der Waals surface area contributed by atoms with Crippen molar-refractivity contribution in [3.63, 3.8) is 0 Å². The SMILES string of the molecule is CC(C)(C)OC(=O)N(CC(=O)O)CC(=O)NCCCCCCCCCCCCCCC(=O)O. The molecule has 0 aliphatic carbocycles. The number of nitrogens with one attached hydrogen (secondary N) is 1. The van der Waals surface area contributed by atoms with E-state index in [-0.39, 0.29) is 13.0 Å². The Kier molecular flexibility index (Phi) is 16.9. The Morgan fingerprint density at radius 1 is 0.697 bits per heavy atom. The molecule has 0 aromatic heterocycles. The number of hydrogen-bond acceptors (Lipinski definition) is 5. The molecule has 2 amide bonds. The zero-order valence-electron chi connectivity index (χ0n) is 20.7. The van der Waals surface area contributed by atoms with Crippen LogP contribution in [0.5, 0.6) is 0 Å². The minimum Gasteiger partial charge on any atom is -0.481 e. The van der Waals surface area contributed by atoms with Crippen LogP contribution in [0.4, 0.5) is 4.79 Å². The third-order valence-electron chi connectivity index (χ3n) is 4.95. The number of amides is 2. The van der Waals surface area contributed by atoms with Gasteiger partial charge in [0.25, 0.3) is 0 Å². The molecular formula is C24H44N2O7. The maximum Gasteiger partial charge on any atom is 0.411 e. The Morgan fingerprint density at radius 2 is 1.15 bits per heavy atom. The number of ether oxygens (including phenoxy) is 1. The molecule has 192 valence electrons. The second kappa shape index (κ2) is 18.1. The van der Waals surface area contributed by atoms with Crippen LogP contribution < -0.4 is 5.32 Å². The van der Waals surface area contributed by atoms with Gasteiger partial charge in [0.05, 0.1) is 0 Å². The summed E-state index contributed by atoms with van der Waals surface area (Å²) in [6.07, 6.45) is 12.5. The van der Waals surface area contributed by atoms with Gasteiger partial charge in [0.2, 0.25) is 5.91 Å². The van der Waals surface area contributed by atoms with Crippen molar-refractivity contribution in [3.8, 4) is 0 Å². The van der Waals surface area contributed by atoms with E-state index in [1.54, 1.807) is 20.8 Å². The van der Waals surface area contributed by atoms with Gasteiger partial charge in [-0.25, -0.2) is 4.79 Å². The van der Waals surface area contributed by atoms with E-state index in [0.717, 1.165) is 49.8 Å². The summed E-state index contributed by atoms with van der Waals surface area (Å²) in [6, 6.07) is 0. The van der Waals surface area contributed by atoms with Gasteiger partial charge in [-0.1, -0.05) is 64.2 Å². The average Bonchev–Trinajstić information content (AvgIpc) is 2.68. The molecule has 9 nitrogen and oxygen atoms in total. The highest BCUT2D eigenvalue weighted by molar-refractivity contribution is 5.84. The van der Waals surface area contributed by atoms with E-state index < -0.39 is 36.1 Å². The van der Waals surface area contributed by atoms with Crippen LogP contribution in [-0.2, 0) is 19.1 Å². The van der Waals surface area contributed by atoms with Gasteiger partial charge < -0.3 is 20.3 Å². The Hall–Kier alpha value is -2.32. The highest BCUT2D eigenvalue weighted by Gasteiger charge is 2.25. The van der Waals surface area contributed by atoms with Gasteiger partial charge in [0.1, 0.15) is 18.7 Å². The Labute approximate surface area is 198 Å². The fourth-order valence-corrected chi connectivity index (χ4v) is 3.30. The highest BCUT2D eigenvalue weighted by Crippen LogP contribution is 2.13. The fraction of sp³-hybridized carbons (Fsp3) is 0.833. The van der Waals surface area contributed by atoms with Crippen LogP contribution in [0.1, 0.15) is 104 Å². The van der Waals surface area contributed by atoms with Gasteiger partial charge in [0.15, 0.2) is 0 Å². The summed E-state index contributed by atoms with van der Waals surface area (Å²) >= 11 is 0. The summed E-state index contributed by atoms with van der Waals surface area (Å²) in [7, 11) is 0. The van der Waals surface area contributed by atoms with Crippen LogP contribution >= 0.6 is 0 Å². The third kappa shape index (κ3) is 21.3. The fourth-order valence-electron chi connectivity index (χ4n) is 3.30. The Bertz CT molecular complexity index is 588. The maximum atomic E-state index is 12.1. The molecule has 0 saturated heterocycles. The second-order valence-electron chi connectivity index (χ2n) is 9.47. The van der Waals surface area contributed by atoms with Gasteiger partial charge in [-0.3, -0.25) is 19.3 Å². The third-order valence-corrected chi connectivity index (χ3v) is 4.95. The molecule has 3 N–H and O–H groups in total. The van der Waals surface area contributed by atoms with Crippen LogP contribution in [-0.4, -0.2) is 64.3 Å². The zero-order chi connectivity index (χ0) is 25.1. The van der Waals surface area contributed by atoms with Crippen LogP contribution in [0, 0.1) is 0 Å². The summed E-state index contributed by atoms with van der Waals surface area (Å²) in [5.74, 6) is -2.31. The van der Waals surface area contributed by atoms with Gasteiger partial charge in [-0.05, 0) is 33.6 Å². The minimum absolute atomic E-state index is 0.277. The van der Waals surface area contributed by atoms with Crippen molar-refractivity contribution in [2.45, 2.75) is 110 Å². The van der Waals surface area contributed by atoms with Crippen LogP contribution in [0.25, 0.3) is 0 Å². The van der Waals surface area contributed by atoms with E-state index in [4.69, 9.17) is 14.9 Å². The van der Waals surface area contributed by atoms with Gasteiger partial charge >= 0.3 is 18.0 Å². The first-order valence-corrected chi connectivity index (χ1v) is 12.2. The minimum atomic E-state index is -1.20. The quantitative estimate of drug-likeness (QED) is 0.234. The van der Waals surface area contributed by atoms with Gasteiger partial charge in [0, 0.05) is 13.0 Å². The smallest absolute Gasteiger partial charge is 0.411 e. The molecule has 33 heavy (non-hydrogen) atoms. The summed E-state index contributed by atoms with van der Waals surface area (Å²) in [5, 5.41) is 20.3. The van der Waals surface area contributed by atoms with Crippen LogP contribution in [0.2, 0.25) is 0 Å². The molecule has 0 radical (unpaired) electrons. The van der Waals surface area contributed by atoms with E-state index >= 15 is 0 Å². The summed E-state index contributed by atoms with van der Waals surface area (Å²) < 4.78 is 5.16. The first kappa shape index (κ1) is 30.7. The van der Waals surface area contributed by atoms with Crippen molar-refractivity contribution in [2.24, 2.45) is 0 Å². The molecule has 0 rings (SSSR count). The van der Waals surface area contributed by atoms with Gasteiger partial charge in [-0.2, -0.15) is 0 Å². The number of carboxylic acid groups (broad SMARTS) is 2. The predicted octanol–water partition coefficient (Wildman–Crippen LogP) is 4.58. The predicted molar refractivity (Wildman–Crippen MR) is 126 cm³/mol. The van der Waals surface area contributed by atoms with E-state index in [1.165, 1.54) is 32.1 Å². The number of hydrogen-bond donors (Lipinski definition) is 3. The van der Waals surface area contributed by atoms with Crippen LogP contribution in [0.3, 0.4) is 0 Å². The number of nitrogens with zero attached hydrogens (tertiary/aromatic N) is 1. The molecule has 0 unspecified atom stereocenters. The lowest BCUT2D eigenvalue weighted by Gasteiger charge is -2.26. The van der Waals surface area contributed by atoms with E-state index in [9.17, 15) is 19.2 Å². The molecule has 0 aromatic rings. The molecule has 0 aromatic carbocycles. The number of carbonyl (C=O) groups excluding carboxylic acids is 2. The monoisotopic (exact) mass is 472 g/mol. The molecule has 9 heteroatoms. The highest BCUT2D eigenvalue weighted by atomic mass is 16.6. The first-order valence-electron chi connectivity index (χ1n) is 12.2. The Balaban J connectivity index is 3.73. The van der Waals surface area contributed by atoms with E-state index in [2.05, 4.69) is 5.32 Å². The Morgan fingerprint density at radius 3 is 1.58 bits per heavy atom.